The van der Waals surface area contributed by atoms with Crippen molar-refractivity contribution in [3.63, 3.8) is 0 Å². The Morgan fingerprint density at radius 3 is 2.93 bits per heavy atom. The highest BCUT2D eigenvalue weighted by Crippen LogP contribution is 2.25. The molecule has 0 spiro atoms. The summed E-state index contributed by atoms with van der Waals surface area (Å²) in [6.45, 7) is 3.29. The Balaban J connectivity index is 2.30. The van der Waals surface area contributed by atoms with Crippen molar-refractivity contribution in [3.8, 4) is 0 Å². The summed E-state index contributed by atoms with van der Waals surface area (Å²) >= 11 is 0. The van der Waals surface area contributed by atoms with Gasteiger partial charge in [0.05, 0.1) is 0 Å². The molecule has 0 aromatic heterocycles. The highest BCUT2D eigenvalue weighted by molar-refractivity contribution is 5.45. The lowest BCUT2D eigenvalue weighted by atomic mass is 9.93. The molecule has 1 aliphatic rings. The predicted molar refractivity (Wildman–Crippen MR) is 60.1 cm³/mol. The maximum atomic E-state index is 5.78. The first-order valence-electron chi connectivity index (χ1n) is 5.28. The smallest absolute Gasteiger partial charge is 0.0317 e. The molecule has 0 radical (unpaired) electrons. The lowest BCUT2D eigenvalue weighted by molar-refractivity contribution is 0.210. The van der Waals surface area contributed by atoms with Crippen LogP contribution in [-0.4, -0.2) is 18.0 Å². The molecule has 0 bridgehead atoms. The van der Waals surface area contributed by atoms with Crippen molar-refractivity contribution in [2.75, 3.05) is 12.8 Å². The van der Waals surface area contributed by atoms with E-state index in [9.17, 15) is 0 Å². The van der Waals surface area contributed by atoms with E-state index in [0.29, 0.717) is 6.04 Å². The van der Waals surface area contributed by atoms with Crippen molar-refractivity contribution in [1.82, 2.24) is 4.90 Å². The van der Waals surface area contributed by atoms with Crippen LogP contribution >= 0.6 is 0 Å². The second-order valence-corrected chi connectivity index (χ2v) is 4.21. The molecule has 0 fully saturated rings. The van der Waals surface area contributed by atoms with Crippen molar-refractivity contribution in [2.45, 2.75) is 32.4 Å². The number of rotatable bonds is 1. The van der Waals surface area contributed by atoms with Gasteiger partial charge in [-0.3, -0.25) is 4.90 Å². The fraction of sp³-hybridized carbons (Fsp3) is 0.500. The average Bonchev–Trinajstić information content (AvgIpc) is 2.16. The molecule has 1 unspecified atom stereocenters. The number of nitrogen functional groups attached to an aromatic ring is 1. The Bertz CT molecular complexity index is 333. The third kappa shape index (κ3) is 1.62. The Labute approximate surface area is 85.7 Å². The number of benzene rings is 1. The topological polar surface area (TPSA) is 29.3 Å². The zero-order chi connectivity index (χ0) is 10.1. The normalized spacial score (nSPS) is 22.0. The molecule has 0 amide bonds. The molecule has 1 aliphatic heterocycles. The molecular formula is C12H18N2. The molecule has 1 aromatic rings. The fourth-order valence-corrected chi connectivity index (χ4v) is 2.26. The van der Waals surface area contributed by atoms with E-state index in [4.69, 9.17) is 5.73 Å². The lowest BCUT2D eigenvalue weighted by Crippen LogP contribution is -2.36. The first kappa shape index (κ1) is 9.53. The Morgan fingerprint density at radius 2 is 2.21 bits per heavy atom. The largest absolute Gasteiger partial charge is 0.399 e. The molecule has 2 heteroatoms. The van der Waals surface area contributed by atoms with E-state index in [1.807, 2.05) is 6.07 Å². The third-order valence-electron chi connectivity index (χ3n) is 3.20. The molecule has 0 saturated carbocycles. The number of nitrogens with two attached hydrogens (primary N) is 1. The van der Waals surface area contributed by atoms with E-state index in [-0.39, 0.29) is 0 Å². The van der Waals surface area contributed by atoms with E-state index in [2.05, 4.69) is 31.0 Å². The summed E-state index contributed by atoms with van der Waals surface area (Å²) in [5.41, 5.74) is 9.53. The molecule has 1 atom stereocenters. The summed E-state index contributed by atoms with van der Waals surface area (Å²) in [7, 11) is 2.19. The number of fused-ring (bicyclic) bond motifs is 1. The number of hydrogen-bond donors (Lipinski definition) is 1. The van der Waals surface area contributed by atoms with Gasteiger partial charge in [-0.05, 0) is 43.1 Å². The van der Waals surface area contributed by atoms with Crippen molar-refractivity contribution in [3.05, 3.63) is 29.3 Å². The highest BCUT2D eigenvalue weighted by Gasteiger charge is 2.21. The van der Waals surface area contributed by atoms with Crippen LogP contribution in [0.15, 0.2) is 18.2 Å². The highest BCUT2D eigenvalue weighted by atomic mass is 15.1. The zero-order valence-electron chi connectivity index (χ0n) is 8.96. The minimum Gasteiger partial charge on any atom is -0.399 e. The number of hydrogen-bond acceptors (Lipinski definition) is 2. The van der Waals surface area contributed by atoms with Crippen molar-refractivity contribution >= 4 is 5.69 Å². The van der Waals surface area contributed by atoms with Gasteiger partial charge in [0, 0.05) is 18.3 Å². The van der Waals surface area contributed by atoms with Crippen LogP contribution < -0.4 is 5.73 Å². The van der Waals surface area contributed by atoms with Crippen LogP contribution in [0.1, 0.15) is 24.5 Å². The van der Waals surface area contributed by atoms with Crippen molar-refractivity contribution in [1.29, 1.82) is 0 Å². The van der Waals surface area contributed by atoms with Crippen molar-refractivity contribution in [2.24, 2.45) is 0 Å². The lowest BCUT2D eigenvalue weighted by Gasteiger charge is -2.33. The summed E-state index contributed by atoms with van der Waals surface area (Å²) in [6.07, 6.45) is 2.39. The minimum absolute atomic E-state index is 0.700. The van der Waals surface area contributed by atoms with E-state index >= 15 is 0 Å². The van der Waals surface area contributed by atoms with Crippen LogP contribution in [0.5, 0.6) is 0 Å². The molecule has 2 rings (SSSR count). The summed E-state index contributed by atoms with van der Waals surface area (Å²) in [4.78, 5) is 2.42. The van der Waals surface area contributed by atoms with Gasteiger partial charge in [-0.25, -0.2) is 0 Å². The van der Waals surface area contributed by atoms with Gasteiger partial charge in [0.25, 0.3) is 0 Å². The summed E-state index contributed by atoms with van der Waals surface area (Å²) in [6, 6.07) is 7.00. The first-order valence-corrected chi connectivity index (χ1v) is 5.28. The van der Waals surface area contributed by atoms with E-state index in [1.165, 1.54) is 24.0 Å². The van der Waals surface area contributed by atoms with E-state index in [0.717, 1.165) is 12.2 Å². The molecule has 76 valence electrons. The van der Waals surface area contributed by atoms with Gasteiger partial charge in [-0.2, -0.15) is 0 Å². The summed E-state index contributed by atoms with van der Waals surface area (Å²) in [5, 5.41) is 0. The molecule has 2 N–H and O–H groups in total. The van der Waals surface area contributed by atoms with E-state index in [1.54, 1.807) is 0 Å². The van der Waals surface area contributed by atoms with Gasteiger partial charge in [-0.1, -0.05) is 13.0 Å². The third-order valence-corrected chi connectivity index (χ3v) is 3.20. The number of nitrogens with zero attached hydrogens (tertiary/aromatic N) is 1. The summed E-state index contributed by atoms with van der Waals surface area (Å²) < 4.78 is 0. The van der Waals surface area contributed by atoms with Crippen LogP contribution in [0.4, 0.5) is 5.69 Å². The monoisotopic (exact) mass is 190 g/mol. The van der Waals surface area contributed by atoms with Crippen LogP contribution in [0, 0.1) is 0 Å². The second kappa shape index (κ2) is 3.62. The quantitative estimate of drug-likeness (QED) is 0.687. The van der Waals surface area contributed by atoms with Gasteiger partial charge >= 0.3 is 0 Å². The average molecular weight is 190 g/mol. The molecule has 1 aromatic carbocycles. The Morgan fingerprint density at radius 1 is 1.43 bits per heavy atom. The second-order valence-electron chi connectivity index (χ2n) is 4.21. The van der Waals surface area contributed by atoms with Crippen LogP contribution in [0.3, 0.4) is 0 Å². The molecular weight excluding hydrogens is 172 g/mol. The standard InChI is InChI=1S/C12H18N2/c1-3-12-7-9-4-5-11(13)6-10(9)8-14(12)2/h4-6,12H,3,7-8,13H2,1-2H3. The molecule has 0 aliphatic carbocycles. The first-order chi connectivity index (χ1) is 6.70. The van der Waals surface area contributed by atoms with Gasteiger partial charge in [0.2, 0.25) is 0 Å². The van der Waals surface area contributed by atoms with Crippen LogP contribution in [0.25, 0.3) is 0 Å². The Kier molecular flexibility index (Phi) is 2.46. The van der Waals surface area contributed by atoms with Gasteiger partial charge < -0.3 is 5.73 Å². The predicted octanol–water partition coefficient (Wildman–Crippen LogP) is 2.04. The van der Waals surface area contributed by atoms with E-state index < -0.39 is 0 Å². The fourth-order valence-electron chi connectivity index (χ4n) is 2.26. The van der Waals surface area contributed by atoms with Crippen LogP contribution in [0.2, 0.25) is 0 Å². The number of anilines is 1. The zero-order valence-corrected chi connectivity index (χ0v) is 8.96. The molecule has 0 saturated heterocycles. The molecule has 14 heavy (non-hydrogen) atoms. The summed E-state index contributed by atoms with van der Waals surface area (Å²) in [5.74, 6) is 0. The SMILES string of the molecule is CCC1Cc2ccc(N)cc2CN1C. The number of likely N-dealkylation sites (N-methyl/N-ethyl adjacent to an activating group) is 1. The minimum atomic E-state index is 0.700. The maximum absolute atomic E-state index is 5.78. The van der Waals surface area contributed by atoms with Gasteiger partial charge in [0.1, 0.15) is 0 Å². The van der Waals surface area contributed by atoms with Gasteiger partial charge in [-0.15, -0.1) is 0 Å². The molecule has 1 heterocycles. The maximum Gasteiger partial charge on any atom is 0.0317 e. The van der Waals surface area contributed by atoms with Crippen LogP contribution in [-0.2, 0) is 13.0 Å². The van der Waals surface area contributed by atoms with Gasteiger partial charge in [0.15, 0.2) is 0 Å². The Hall–Kier alpha value is -1.02. The van der Waals surface area contributed by atoms with Crippen molar-refractivity contribution < 1.29 is 0 Å². The molecule has 2 nitrogen and oxygen atoms in total.